The summed E-state index contributed by atoms with van der Waals surface area (Å²) in [6.45, 7) is 5.73. The topological polar surface area (TPSA) is 98.2 Å². The Morgan fingerprint density at radius 3 is 2.39 bits per heavy atom. The van der Waals surface area contributed by atoms with Gasteiger partial charge in [-0.05, 0) is 68.7 Å². The number of aromatic nitrogens is 1. The number of amides is 1. The van der Waals surface area contributed by atoms with Gasteiger partial charge in [0.25, 0.3) is 0 Å². The van der Waals surface area contributed by atoms with E-state index in [0.717, 1.165) is 5.56 Å². The van der Waals surface area contributed by atoms with Crippen molar-refractivity contribution < 1.29 is 28.9 Å². The van der Waals surface area contributed by atoms with Gasteiger partial charge < -0.3 is 24.2 Å². The van der Waals surface area contributed by atoms with Crippen molar-refractivity contribution in [3.05, 3.63) is 87.5 Å². The third-order valence-electron chi connectivity index (χ3n) is 5.32. The van der Waals surface area contributed by atoms with Crippen LogP contribution in [0.15, 0.2) is 60.8 Å². The Balaban J connectivity index is 1.66. The minimum atomic E-state index is -0.931. The Bertz CT molecular complexity index is 1260. The number of carbonyl (C=O) groups excluding carboxylic acids is 2. The van der Waals surface area contributed by atoms with Crippen molar-refractivity contribution >= 4 is 35.3 Å². The van der Waals surface area contributed by atoms with E-state index in [1.165, 1.54) is 24.3 Å². The third kappa shape index (κ3) is 8.62. The van der Waals surface area contributed by atoms with E-state index >= 15 is 0 Å². The summed E-state index contributed by atoms with van der Waals surface area (Å²) in [5, 5.41) is 11.4. The molecule has 0 aliphatic heterocycles. The fourth-order valence-electron chi connectivity index (χ4n) is 3.44. The number of aliphatic hydroxyl groups excluding tert-OH is 1. The molecule has 0 unspecified atom stereocenters. The van der Waals surface area contributed by atoms with Crippen molar-refractivity contribution in [2.45, 2.75) is 38.9 Å². The van der Waals surface area contributed by atoms with Gasteiger partial charge in [-0.3, -0.25) is 0 Å². The smallest absolute Gasteiger partial charge is 0.410 e. The zero-order valence-corrected chi connectivity index (χ0v) is 23.1. The molecule has 1 atom stereocenters. The summed E-state index contributed by atoms with van der Waals surface area (Å²) in [6.07, 6.45) is 0.383. The molecule has 8 nitrogen and oxygen atoms in total. The van der Waals surface area contributed by atoms with Crippen molar-refractivity contribution in [3.63, 3.8) is 0 Å². The maximum atomic E-state index is 12.9. The van der Waals surface area contributed by atoms with Gasteiger partial charge in [0.2, 0.25) is 5.88 Å². The highest BCUT2D eigenvalue weighted by atomic mass is 35.5. The van der Waals surface area contributed by atoms with Crippen molar-refractivity contribution in [1.29, 1.82) is 0 Å². The summed E-state index contributed by atoms with van der Waals surface area (Å²) < 4.78 is 16.0. The molecule has 0 fully saturated rings. The van der Waals surface area contributed by atoms with Gasteiger partial charge in [0.05, 0.1) is 25.3 Å². The molecule has 1 amide bonds. The third-order valence-corrected chi connectivity index (χ3v) is 5.82. The SMILES string of the molecule is COC(=O)c1cnc(Oc2ccc(CCN(C[C@H](O)c3cccc(Cl)c3)C(=O)OC(C)(C)C)cc2)c(Cl)c1. The molecule has 38 heavy (non-hydrogen) atoms. The van der Waals surface area contributed by atoms with E-state index in [2.05, 4.69) is 9.72 Å². The first-order valence-corrected chi connectivity index (χ1v) is 12.6. The average molecular weight is 561 g/mol. The highest BCUT2D eigenvalue weighted by Crippen LogP contribution is 2.28. The summed E-state index contributed by atoms with van der Waals surface area (Å²) >= 11 is 12.3. The van der Waals surface area contributed by atoms with Crippen LogP contribution in [0, 0.1) is 0 Å². The zero-order valence-electron chi connectivity index (χ0n) is 21.6. The summed E-state index contributed by atoms with van der Waals surface area (Å²) in [6, 6.07) is 15.5. The van der Waals surface area contributed by atoms with Crippen LogP contribution in [0.1, 0.15) is 48.4 Å². The summed E-state index contributed by atoms with van der Waals surface area (Å²) in [7, 11) is 1.27. The van der Waals surface area contributed by atoms with E-state index in [-0.39, 0.29) is 23.0 Å². The monoisotopic (exact) mass is 560 g/mol. The first-order valence-electron chi connectivity index (χ1n) is 11.9. The molecular weight excluding hydrogens is 531 g/mol. The number of nitrogens with zero attached hydrogens (tertiary/aromatic N) is 2. The lowest BCUT2D eigenvalue weighted by molar-refractivity contribution is 0.0147. The molecule has 202 valence electrons. The molecule has 0 bridgehead atoms. The molecule has 0 aliphatic carbocycles. The number of halogens is 2. The second-order valence-corrected chi connectivity index (χ2v) is 10.3. The van der Waals surface area contributed by atoms with Crippen molar-refractivity contribution in [3.8, 4) is 11.6 Å². The molecule has 10 heteroatoms. The van der Waals surface area contributed by atoms with Gasteiger partial charge in [0.15, 0.2) is 0 Å². The minimum Gasteiger partial charge on any atom is -0.465 e. The van der Waals surface area contributed by atoms with Crippen molar-refractivity contribution in [2.24, 2.45) is 0 Å². The lowest BCUT2D eigenvalue weighted by Gasteiger charge is -2.29. The highest BCUT2D eigenvalue weighted by molar-refractivity contribution is 6.32. The second kappa shape index (κ2) is 13.0. The number of methoxy groups -OCH3 is 1. The standard InChI is InChI=1S/C28H30Cl2N2O6/c1-28(2,3)38-27(35)32(17-24(33)19-6-5-7-21(29)14-19)13-12-18-8-10-22(11-9-18)37-25-23(30)15-20(16-31-25)26(34)36-4/h5-11,14-16,24,33H,12-13,17H2,1-4H3/t24-/m0/s1. The minimum absolute atomic E-state index is 0.0438. The highest BCUT2D eigenvalue weighted by Gasteiger charge is 2.24. The number of rotatable bonds is 9. The van der Waals surface area contributed by atoms with Gasteiger partial charge in [-0.2, -0.15) is 0 Å². The normalized spacial score (nSPS) is 12.0. The van der Waals surface area contributed by atoms with E-state index < -0.39 is 23.8 Å². The number of pyridine rings is 1. The number of aliphatic hydroxyl groups is 1. The Hall–Kier alpha value is -3.33. The number of benzene rings is 2. The largest absolute Gasteiger partial charge is 0.465 e. The van der Waals surface area contributed by atoms with Crippen LogP contribution in [0.5, 0.6) is 11.6 Å². The Morgan fingerprint density at radius 1 is 1.08 bits per heavy atom. The van der Waals surface area contributed by atoms with Crippen LogP contribution in [0.2, 0.25) is 10.0 Å². The Kier molecular flexibility index (Phi) is 9.96. The molecule has 0 saturated heterocycles. The van der Waals surface area contributed by atoms with Gasteiger partial charge in [0, 0.05) is 17.8 Å². The number of carbonyl (C=O) groups is 2. The molecule has 3 rings (SSSR count). The fraction of sp³-hybridized carbons (Fsp3) is 0.321. The van der Waals surface area contributed by atoms with Crippen LogP contribution in [0.25, 0.3) is 0 Å². The molecule has 0 spiro atoms. The van der Waals surface area contributed by atoms with Crippen LogP contribution in [0.4, 0.5) is 4.79 Å². The molecule has 1 N–H and O–H groups in total. The second-order valence-electron chi connectivity index (χ2n) is 9.50. The van der Waals surface area contributed by atoms with Crippen molar-refractivity contribution in [1.82, 2.24) is 9.88 Å². The van der Waals surface area contributed by atoms with Gasteiger partial charge in [-0.15, -0.1) is 0 Å². The van der Waals surface area contributed by atoms with Crippen molar-refractivity contribution in [2.75, 3.05) is 20.2 Å². The number of esters is 1. The predicted octanol–water partition coefficient (Wildman–Crippen LogP) is 6.48. The maximum Gasteiger partial charge on any atom is 0.410 e. The van der Waals surface area contributed by atoms with Crippen LogP contribution in [-0.2, 0) is 15.9 Å². The van der Waals surface area contributed by atoms with Gasteiger partial charge in [-0.25, -0.2) is 14.6 Å². The number of hydrogen-bond acceptors (Lipinski definition) is 7. The summed E-state index contributed by atoms with van der Waals surface area (Å²) in [4.78, 5) is 30.1. The molecule has 3 aromatic rings. The van der Waals surface area contributed by atoms with E-state index in [1.807, 2.05) is 12.1 Å². The predicted molar refractivity (Wildman–Crippen MR) is 145 cm³/mol. The average Bonchev–Trinajstić information content (AvgIpc) is 2.86. The molecule has 0 saturated carbocycles. The van der Waals surface area contributed by atoms with Crippen LogP contribution < -0.4 is 4.74 Å². The first kappa shape index (κ1) is 29.2. The van der Waals surface area contributed by atoms with E-state index in [0.29, 0.717) is 29.3 Å². The van der Waals surface area contributed by atoms with Gasteiger partial charge in [-0.1, -0.05) is 47.5 Å². The fourth-order valence-corrected chi connectivity index (χ4v) is 3.85. The summed E-state index contributed by atoms with van der Waals surface area (Å²) in [5.41, 5.74) is 1.08. The van der Waals surface area contributed by atoms with Crippen LogP contribution >= 0.6 is 23.2 Å². The Morgan fingerprint density at radius 2 is 1.79 bits per heavy atom. The Labute approximate surface area is 232 Å². The molecule has 0 radical (unpaired) electrons. The first-order chi connectivity index (χ1) is 17.9. The molecule has 1 aromatic heterocycles. The van der Waals surface area contributed by atoms with E-state index in [1.54, 1.807) is 57.2 Å². The number of hydrogen-bond donors (Lipinski definition) is 1. The van der Waals surface area contributed by atoms with Gasteiger partial charge >= 0.3 is 12.1 Å². The van der Waals surface area contributed by atoms with Crippen LogP contribution in [0.3, 0.4) is 0 Å². The van der Waals surface area contributed by atoms with Gasteiger partial charge in [0.1, 0.15) is 16.4 Å². The number of ether oxygens (including phenoxy) is 3. The molecule has 2 aromatic carbocycles. The van der Waals surface area contributed by atoms with E-state index in [4.69, 9.17) is 32.7 Å². The van der Waals surface area contributed by atoms with E-state index in [9.17, 15) is 14.7 Å². The molecule has 1 heterocycles. The maximum absolute atomic E-state index is 12.9. The molecular formula is C28H30Cl2N2O6. The zero-order chi connectivity index (χ0) is 27.9. The lowest BCUT2D eigenvalue weighted by atomic mass is 10.1. The summed E-state index contributed by atoms with van der Waals surface area (Å²) in [5.74, 6) is 0.100. The van der Waals surface area contributed by atoms with Crippen LogP contribution in [-0.4, -0.2) is 52.9 Å². The quantitative estimate of drug-likeness (QED) is 0.299. The molecule has 0 aliphatic rings. The lowest BCUT2D eigenvalue weighted by Crippen LogP contribution is -2.40.